The van der Waals surface area contributed by atoms with E-state index in [2.05, 4.69) is 9.88 Å². The molecule has 1 aromatic rings. The molecule has 0 spiro atoms. The van der Waals surface area contributed by atoms with E-state index in [1.165, 1.54) is 32.1 Å². The zero-order valence-corrected chi connectivity index (χ0v) is 10.2. The molecule has 1 saturated heterocycles. The van der Waals surface area contributed by atoms with Gasteiger partial charge in [-0.1, -0.05) is 24.2 Å². The predicted octanol–water partition coefficient (Wildman–Crippen LogP) is 2.40. The van der Waals surface area contributed by atoms with Crippen LogP contribution < -0.4 is 4.90 Å². The van der Waals surface area contributed by atoms with E-state index in [1.54, 1.807) is 11.3 Å². The summed E-state index contributed by atoms with van der Waals surface area (Å²) < 4.78 is 0. The van der Waals surface area contributed by atoms with Crippen LogP contribution in [0.2, 0.25) is 0 Å². The van der Waals surface area contributed by atoms with Gasteiger partial charge in [0.15, 0.2) is 5.13 Å². The van der Waals surface area contributed by atoms with E-state index in [4.69, 9.17) is 5.11 Å². The zero-order chi connectivity index (χ0) is 11.0. The van der Waals surface area contributed by atoms with Gasteiger partial charge in [-0.25, -0.2) is 4.98 Å². The summed E-state index contributed by atoms with van der Waals surface area (Å²) >= 11 is 1.65. The molecule has 2 aliphatic rings. The molecule has 2 atom stereocenters. The van der Waals surface area contributed by atoms with Gasteiger partial charge in [0.2, 0.25) is 0 Å². The van der Waals surface area contributed by atoms with Crippen molar-refractivity contribution in [1.29, 1.82) is 0 Å². The molecule has 0 amide bonds. The minimum Gasteiger partial charge on any atom is -0.391 e. The number of hydrogen-bond acceptors (Lipinski definition) is 4. The Morgan fingerprint density at radius 3 is 3.06 bits per heavy atom. The van der Waals surface area contributed by atoms with Gasteiger partial charge in [-0.05, 0) is 25.2 Å². The SMILES string of the molecule is OCc1cnc(N2CCC3CCCCC32)s1. The van der Waals surface area contributed by atoms with Crippen LogP contribution in [-0.2, 0) is 6.61 Å². The highest BCUT2D eigenvalue weighted by Crippen LogP contribution is 2.39. The van der Waals surface area contributed by atoms with E-state index in [9.17, 15) is 0 Å². The molecule has 1 N–H and O–H groups in total. The molecule has 3 rings (SSSR count). The third kappa shape index (κ3) is 1.74. The van der Waals surface area contributed by atoms with Gasteiger partial charge in [-0.15, -0.1) is 0 Å². The lowest BCUT2D eigenvalue weighted by Gasteiger charge is -2.31. The lowest BCUT2D eigenvalue weighted by atomic mass is 9.85. The molecule has 2 fully saturated rings. The average molecular weight is 238 g/mol. The molecule has 1 saturated carbocycles. The van der Waals surface area contributed by atoms with Crippen LogP contribution >= 0.6 is 11.3 Å². The number of aliphatic hydroxyl groups excluding tert-OH is 1. The Kier molecular flexibility index (Phi) is 2.86. The van der Waals surface area contributed by atoms with Crippen molar-refractivity contribution < 1.29 is 5.11 Å². The van der Waals surface area contributed by atoms with Crippen molar-refractivity contribution in [3.05, 3.63) is 11.1 Å². The summed E-state index contributed by atoms with van der Waals surface area (Å²) in [5.74, 6) is 0.898. The summed E-state index contributed by atoms with van der Waals surface area (Å²) in [5.41, 5.74) is 0. The standard InChI is InChI=1S/C12H18N2OS/c15-8-10-7-13-12(16-10)14-6-5-9-3-1-2-4-11(9)14/h7,9,11,15H,1-6,8H2. The van der Waals surface area contributed by atoms with Crippen LogP contribution in [0.25, 0.3) is 0 Å². The molecule has 4 heteroatoms. The summed E-state index contributed by atoms with van der Waals surface area (Å²) in [6.45, 7) is 1.29. The Morgan fingerprint density at radius 1 is 1.38 bits per heavy atom. The Hall–Kier alpha value is -0.610. The van der Waals surface area contributed by atoms with Crippen LogP contribution in [0.4, 0.5) is 5.13 Å². The number of aliphatic hydroxyl groups is 1. The molecule has 0 bridgehead atoms. The Labute approximate surface area is 100 Å². The number of aromatic nitrogens is 1. The molecular formula is C12H18N2OS. The fourth-order valence-corrected chi connectivity index (χ4v) is 4.00. The van der Waals surface area contributed by atoms with Crippen LogP contribution in [0, 0.1) is 5.92 Å². The predicted molar refractivity (Wildman–Crippen MR) is 65.7 cm³/mol. The van der Waals surface area contributed by atoms with Gasteiger partial charge in [0.05, 0.1) is 11.5 Å². The largest absolute Gasteiger partial charge is 0.391 e. The normalized spacial score (nSPS) is 29.4. The minimum atomic E-state index is 0.125. The van der Waals surface area contributed by atoms with E-state index < -0.39 is 0 Å². The summed E-state index contributed by atoms with van der Waals surface area (Å²) in [7, 11) is 0. The van der Waals surface area contributed by atoms with Gasteiger partial charge >= 0.3 is 0 Å². The van der Waals surface area contributed by atoms with Crippen molar-refractivity contribution in [2.24, 2.45) is 5.92 Å². The molecule has 2 unspecified atom stereocenters. The number of hydrogen-bond donors (Lipinski definition) is 1. The van der Waals surface area contributed by atoms with Crippen molar-refractivity contribution in [3.8, 4) is 0 Å². The second-order valence-corrected chi connectivity index (χ2v) is 5.95. The highest BCUT2D eigenvalue weighted by molar-refractivity contribution is 7.15. The first kappa shape index (κ1) is 10.5. The van der Waals surface area contributed by atoms with Gasteiger partial charge < -0.3 is 10.0 Å². The van der Waals surface area contributed by atoms with Crippen LogP contribution in [0.3, 0.4) is 0 Å². The summed E-state index contributed by atoms with van der Waals surface area (Å²) in [6, 6.07) is 0.728. The van der Waals surface area contributed by atoms with E-state index in [1.807, 2.05) is 6.20 Å². The quantitative estimate of drug-likeness (QED) is 0.859. The van der Waals surface area contributed by atoms with Crippen molar-refractivity contribution in [1.82, 2.24) is 4.98 Å². The van der Waals surface area contributed by atoms with Crippen LogP contribution in [0.1, 0.15) is 37.0 Å². The fourth-order valence-electron chi connectivity index (χ4n) is 3.15. The Morgan fingerprint density at radius 2 is 2.25 bits per heavy atom. The van der Waals surface area contributed by atoms with E-state index in [0.717, 1.165) is 28.5 Å². The average Bonchev–Trinajstić information content (AvgIpc) is 2.94. The highest BCUT2D eigenvalue weighted by Gasteiger charge is 2.36. The molecular weight excluding hydrogens is 220 g/mol. The first-order valence-electron chi connectivity index (χ1n) is 6.20. The van der Waals surface area contributed by atoms with Crippen molar-refractivity contribution in [3.63, 3.8) is 0 Å². The number of anilines is 1. The first-order chi connectivity index (χ1) is 7.88. The van der Waals surface area contributed by atoms with Crippen molar-refractivity contribution in [2.75, 3.05) is 11.4 Å². The van der Waals surface area contributed by atoms with Crippen LogP contribution in [-0.4, -0.2) is 22.7 Å². The fraction of sp³-hybridized carbons (Fsp3) is 0.750. The molecule has 1 aliphatic heterocycles. The molecule has 3 nitrogen and oxygen atoms in total. The van der Waals surface area contributed by atoms with Crippen molar-refractivity contribution >= 4 is 16.5 Å². The molecule has 1 aliphatic carbocycles. The molecule has 2 heterocycles. The van der Waals surface area contributed by atoms with Crippen LogP contribution in [0.15, 0.2) is 6.20 Å². The number of nitrogens with zero attached hydrogens (tertiary/aromatic N) is 2. The first-order valence-corrected chi connectivity index (χ1v) is 7.02. The minimum absolute atomic E-state index is 0.125. The molecule has 16 heavy (non-hydrogen) atoms. The van der Waals surface area contributed by atoms with Crippen LogP contribution in [0.5, 0.6) is 0 Å². The summed E-state index contributed by atoms with van der Waals surface area (Å²) in [6.07, 6.45) is 8.66. The third-order valence-electron chi connectivity index (χ3n) is 3.95. The smallest absolute Gasteiger partial charge is 0.185 e. The molecule has 1 aromatic heterocycles. The highest BCUT2D eigenvalue weighted by atomic mass is 32.1. The number of fused-ring (bicyclic) bond motifs is 1. The van der Waals surface area contributed by atoms with Gasteiger partial charge in [0.1, 0.15) is 0 Å². The van der Waals surface area contributed by atoms with E-state index in [0.29, 0.717) is 0 Å². The molecule has 0 aromatic carbocycles. The van der Waals surface area contributed by atoms with Gasteiger partial charge in [0, 0.05) is 18.8 Å². The summed E-state index contributed by atoms with van der Waals surface area (Å²) in [4.78, 5) is 7.91. The Bertz CT molecular complexity index is 366. The van der Waals surface area contributed by atoms with E-state index >= 15 is 0 Å². The Balaban J connectivity index is 1.79. The topological polar surface area (TPSA) is 36.4 Å². The van der Waals surface area contributed by atoms with Gasteiger partial charge in [-0.3, -0.25) is 0 Å². The second kappa shape index (κ2) is 4.34. The second-order valence-electron chi connectivity index (χ2n) is 4.86. The number of rotatable bonds is 2. The number of thiazole rings is 1. The van der Waals surface area contributed by atoms with Gasteiger partial charge in [-0.2, -0.15) is 0 Å². The maximum atomic E-state index is 9.08. The maximum Gasteiger partial charge on any atom is 0.185 e. The molecule has 88 valence electrons. The lowest BCUT2D eigenvalue weighted by molar-refractivity contribution is 0.285. The van der Waals surface area contributed by atoms with E-state index in [-0.39, 0.29) is 6.61 Å². The zero-order valence-electron chi connectivity index (χ0n) is 9.43. The molecule has 0 radical (unpaired) electrons. The van der Waals surface area contributed by atoms with Gasteiger partial charge in [0.25, 0.3) is 0 Å². The lowest BCUT2D eigenvalue weighted by Crippen LogP contribution is -2.34. The third-order valence-corrected chi connectivity index (χ3v) is 4.97. The maximum absolute atomic E-state index is 9.08. The summed E-state index contributed by atoms with van der Waals surface area (Å²) in [5, 5.41) is 10.2. The van der Waals surface area contributed by atoms with Crippen molar-refractivity contribution in [2.45, 2.75) is 44.8 Å². The monoisotopic (exact) mass is 238 g/mol.